The van der Waals surface area contributed by atoms with Crippen LogP contribution in [0.25, 0.3) is 0 Å². The van der Waals surface area contributed by atoms with E-state index in [2.05, 4.69) is 31.0 Å². The minimum Gasteiger partial charge on any atom is -0.312 e. The Balaban J connectivity index is 1.97. The normalized spacial score (nSPS) is 39.7. The van der Waals surface area contributed by atoms with Gasteiger partial charge in [0.1, 0.15) is 0 Å². The molecule has 0 aromatic rings. The van der Waals surface area contributed by atoms with E-state index < -0.39 is 0 Å². The van der Waals surface area contributed by atoms with Gasteiger partial charge in [0.05, 0.1) is 0 Å². The number of nitrogens with one attached hydrogen (secondary N) is 1. The molecular weight excluding hydrogens is 208 g/mol. The summed E-state index contributed by atoms with van der Waals surface area (Å²) in [6.07, 6.45) is 8.28. The lowest BCUT2D eigenvalue weighted by Crippen LogP contribution is -2.54. The van der Waals surface area contributed by atoms with Gasteiger partial charge in [-0.3, -0.25) is 4.90 Å². The van der Waals surface area contributed by atoms with Gasteiger partial charge < -0.3 is 5.32 Å². The molecular formula is C15H30N2. The van der Waals surface area contributed by atoms with E-state index in [9.17, 15) is 0 Å². The van der Waals surface area contributed by atoms with E-state index in [-0.39, 0.29) is 0 Å². The lowest BCUT2D eigenvalue weighted by Gasteiger charge is -2.42. The third kappa shape index (κ3) is 3.23. The van der Waals surface area contributed by atoms with Crippen LogP contribution in [-0.2, 0) is 0 Å². The van der Waals surface area contributed by atoms with E-state index in [1.54, 1.807) is 0 Å². The standard InChI is InChI=1S/C15H30N2/c1-4-9-16-14-8-7-12(2)11-15(14)17-10-5-6-13(17)3/h12-16H,4-11H2,1-3H3. The van der Waals surface area contributed by atoms with Crippen LogP contribution in [0.4, 0.5) is 0 Å². The quantitative estimate of drug-likeness (QED) is 0.810. The minimum absolute atomic E-state index is 0.756. The highest BCUT2D eigenvalue weighted by Crippen LogP contribution is 2.32. The molecule has 0 amide bonds. The maximum absolute atomic E-state index is 3.80. The largest absolute Gasteiger partial charge is 0.312 e. The van der Waals surface area contributed by atoms with Gasteiger partial charge in [-0.15, -0.1) is 0 Å². The van der Waals surface area contributed by atoms with E-state index in [0.29, 0.717) is 0 Å². The fourth-order valence-corrected chi connectivity index (χ4v) is 3.73. The topological polar surface area (TPSA) is 15.3 Å². The molecule has 1 saturated carbocycles. The highest BCUT2D eigenvalue weighted by molar-refractivity contribution is 4.93. The molecule has 0 bridgehead atoms. The Hall–Kier alpha value is -0.0800. The Morgan fingerprint density at radius 2 is 2.00 bits per heavy atom. The van der Waals surface area contributed by atoms with Crippen molar-refractivity contribution < 1.29 is 0 Å². The molecule has 0 aromatic carbocycles. The van der Waals surface area contributed by atoms with Gasteiger partial charge in [0.2, 0.25) is 0 Å². The second-order valence-corrected chi connectivity index (χ2v) is 6.28. The Bertz CT molecular complexity index is 227. The highest BCUT2D eigenvalue weighted by Gasteiger charge is 2.36. The predicted octanol–water partition coefficient (Wildman–Crippen LogP) is 3.03. The molecule has 2 aliphatic rings. The zero-order chi connectivity index (χ0) is 12.3. The van der Waals surface area contributed by atoms with Crippen molar-refractivity contribution in [3.63, 3.8) is 0 Å². The maximum atomic E-state index is 3.80. The summed E-state index contributed by atoms with van der Waals surface area (Å²) in [7, 11) is 0. The minimum atomic E-state index is 0.756. The van der Waals surface area contributed by atoms with E-state index in [1.165, 1.54) is 51.6 Å². The van der Waals surface area contributed by atoms with Crippen molar-refractivity contribution in [1.29, 1.82) is 0 Å². The van der Waals surface area contributed by atoms with Gasteiger partial charge in [-0.05, 0) is 64.5 Å². The summed E-state index contributed by atoms with van der Waals surface area (Å²) in [4.78, 5) is 2.79. The van der Waals surface area contributed by atoms with E-state index in [0.717, 1.165) is 24.0 Å². The van der Waals surface area contributed by atoms with Crippen LogP contribution in [0.15, 0.2) is 0 Å². The van der Waals surface area contributed by atoms with Crippen molar-refractivity contribution in [3.05, 3.63) is 0 Å². The smallest absolute Gasteiger partial charge is 0.0254 e. The second kappa shape index (κ2) is 6.19. The van der Waals surface area contributed by atoms with Gasteiger partial charge in [0.15, 0.2) is 0 Å². The third-order valence-electron chi connectivity index (χ3n) is 4.77. The molecule has 2 fully saturated rings. The molecule has 1 aliphatic heterocycles. The molecule has 0 radical (unpaired) electrons. The highest BCUT2D eigenvalue weighted by atomic mass is 15.2. The van der Waals surface area contributed by atoms with Crippen LogP contribution in [0.3, 0.4) is 0 Å². The molecule has 2 heteroatoms. The summed E-state index contributed by atoms with van der Waals surface area (Å²) in [5.41, 5.74) is 0. The van der Waals surface area contributed by atoms with Crippen LogP contribution in [-0.4, -0.2) is 36.1 Å². The first kappa shape index (κ1) is 13.4. The van der Waals surface area contributed by atoms with Crippen LogP contribution >= 0.6 is 0 Å². The van der Waals surface area contributed by atoms with Gasteiger partial charge in [-0.25, -0.2) is 0 Å². The van der Waals surface area contributed by atoms with Gasteiger partial charge in [-0.1, -0.05) is 13.8 Å². The fraction of sp³-hybridized carbons (Fsp3) is 1.00. The molecule has 4 unspecified atom stereocenters. The summed E-state index contributed by atoms with van der Waals surface area (Å²) in [6, 6.07) is 2.38. The van der Waals surface area contributed by atoms with E-state index >= 15 is 0 Å². The third-order valence-corrected chi connectivity index (χ3v) is 4.77. The SMILES string of the molecule is CCCNC1CCC(C)CC1N1CCCC1C. The molecule has 1 heterocycles. The van der Waals surface area contributed by atoms with Crippen molar-refractivity contribution in [3.8, 4) is 0 Å². The van der Waals surface area contributed by atoms with Gasteiger partial charge in [-0.2, -0.15) is 0 Å². The molecule has 0 aromatic heterocycles. The molecule has 1 saturated heterocycles. The van der Waals surface area contributed by atoms with Crippen molar-refractivity contribution in [2.75, 3.05) is 13.1 Å². The van der Waals surface area contributed by atoms with Crippen molar-refractivity contribution in [1.82, 2.24) is 10.2 Å². The van der Waals surface area contributed by atoms with Crippen LogP contribution < -0.4 is 5.32 Å². The number of hydrogen-bond acceptors (Lipinski definition) is 2. The van der Waals surface area contributed by atoms with Crippen LogP contribution in [0.5, 0.6) is 0 Å². The molecule has 4 atom stereocenters. The van der Waals surface area contributed by atoms with Crippen LogP contribution in [0, 0.1) is 5.92 Å². The van der Waals surface area contributed by atoms with Crippen LogP contribution in [0.1, 0.15) is 59.3 Å². The van der Waals surface area contributed by atoms with Crippen molar-refractivity contribution >= 4 is 0 Å². The number of hydrogen-bond donors (Lipinski definition) is 1. The molecule has 2 rings (SSSR count). The second-order valence-electron chi connectivity index (χ2n) is 6.28. The molecule has 2 nitrogen and oxygen atoms in total. The molecule has 100 valence electrons. The van der Waals surface area contributed by atoms with Crippen molar-refractivity contribution in [2.24, 2.45) is 5.92 Å². The summed E-state index contributed by atoms with van der Waals surface area (Å²) in [5.74, 6) is 0.924. The van der Waals surface area contributed by atoms with Gasteiger partial charge >= 0.3 is 0 Å². The average Bonchev–Trinajstić information content (AvgIpc) is 2.74. The summed E-state index contributed by atoms with van der Waals surface area (Å²) >= 11 is 0. The molecule has 0 spiro atoms. The number of nitrogens with zero attached hydrogens (tertiary/aromatic N) is 1. The molecule has 17 heavy (non-hydrogen) atoms. The monoisotopic (exact) mass is 238 g/mol. The summed E-state index contributed by atoms with van der Waals surface area (Å²) in [5, 5.41) is 3.80. The zero-order valence-electron chi connectivity index (χ0n) is 11.9. The Morgan fingerprint density at radius 3 is 2.65 bits per heavy atom. The number of likely N-dealkylation sites (tertiary alicyclic amines) is 1. The first-order valence-electron chi connectivity index (χ1n) is 7.71. The Labute approximate surface area is 107 Å². The van der Waals surface area contributed by atoms with Gasteiger partial charge in [0.25, 0.3) is 0 Å². The van der Waals surface area contributed by atoms with E-state index in [1.807, 2.05) is 0 Å². The Kier molecular flexibility index (Phi) is 4.87. The zero-order valence-corrected chi connectivity index (χ0v) is 11.9. The maximum Gasteiger partial charge on any atom is 0.0254 e. The van der Waals surface area contributed by atoms with Gasteiger partial charge in [0, 0.05) is 18.1 Å². The lowest BCUT2D eigenvalue weighted by molar-refractivity contribution is 0.0958. The molecule has 1 N–H and O–H groups in total. The average molecular weight is 238 g/mol. The van der Waals surface area contributed by atoms with Crippen molar-refractivity contribution in [2.45, 2.75) is 77.4 Å². The fourth-order valence-electron chi connectivity index (χ4n) is 3.73. The predicted molar refractivity (Wildman–Crippen MR) is 74.3 cm³/mol. The Morgan fingerprint density at radius 1 is 1.18 bits per heavy atom. The first-order chi connectivity index (χ1) is 8.22. The van der Waals surface area contributed by atoms with E-state index in [4.69, 9.17) is 0 Å². The number of rotatable bonds is 4. The summed E-state index contributed by atoms with van der Waals surface area (Å²) < 4.78 is 0. The lowest BCUT2D eigenvalue weighted by atomic mass is 9.82. The van der Waals surface area contributed by atoms with Crippen LogP contribution in [0.2, 0.25) is 0 Å². The summed E-state index contributed by atoms with van der Waals surface area (Å²) in [6.45, 7) is 9.65. The first-order valence-corrected chi connectivity index (χ1v) is 7.71. The molecule has 1 aliphatic carbocycles.